The number of hydrogen-bond acceptors (Lipinski definition) is 2. The summed E-state index contributed by atoms with van der Waals surface area (Å²) in [6, 6.07) is 49.7. The van der Waals surface area contributed by atoms with Crippen molar-refractivity contribution < 1.29 is 57.2 Å². The summed E-state index contributed by atoms with van der Waals surface area (Å²) in [5.74, 6) is -0.278. The molecular weight excluding hydrogens is 771 g/mol. The molecule has 0 bridgehead atoms. The Balaban J connectivity index is 0.000000259. The summed E-state index contributed by atoms with van der Waals surface area (Å²) in [7, 11) is 0. The van der Waals surface area contributed by atoms with Crippen molar-refractivity contribution >= 4 is 30.0 Å². The fourth-order valence-corrected chi connectivity index (χ4v) is 4.42. The Labute approximate surface area is 286 Å². The summed E-state index contributed by atoms with van der Waals surface area (Å²) >= 11 is 0. The molecule has 0 unspecified atom stereocenters. The third kappa shape index (κ3) is 7.73. The minimum Gasteiger partial charge on any atom is -0.352 e. The van der Waals surface area contributed by atoms with E-state index in [0.29, 0.717) is 0 Å². The molecule has 0 N–H and O–H groups in total. The topological polar surface area (TPSA) is 25.8 Å². The van der Waals surface area contributed by atoms with Gasteiger partial charge in [0.25, 0.3) is 0 Å². The van der Waals surface area contributed by atoms with Crippen LogP contribution in [0, 0.1) is 30.1 Å². The molecule has 6 heteroatoms. The van der Waals surface area contributed by atoms with Crippen molar-refractivity contribution in [3.63, 3.8) is 0 Å². The average molecular weight is 793 g/mol. The maximum absolute atomic E-state index is 12.6. The number of fused-ring (bicyclic) bond motifs is 3. The summed E-state index contributed by atoms with van der Waals surface area (Å²) < 4.78 is 12.6. The zero-order valence-electron chi connectivity index (χ0n) is 22.4. The van der Waals surface area contributed by atoms with Crippen LogP contribution in [0.3, 0.4) is 0 Å². The van der Waals surface area contributed by atoms with Crippen molar-refractivity contribution in [3.05, 3.63) is 158 Å². The molecule has 5 aromatic carbocycles. The molecule has 201 valence electrons. The van der Waals surface area contributed by atoms with Crippen molar-refractivity contribution in [3.8, 4) is 33.6 Å². The molecule has 0 aliphatic carbocycles. The largest absolute Gasteiger partial charge is 0.352 e. The molecule has 2 nitrogen and oxygen atoms in total. The van der Waals surface area contributed by atoms with E-state index >= 15 is 0 Å². The van der Waals surface area contributed by atoms with Gasteiger partial charge in [0, 0.05) is 79.4 Å². The Bertz CT molecular complexity index is 1870. The molecule has 0 aliphatic rings. The Morgan fingerprint density at radius 3 is 1.98 bits per heavy atom. The van der Waals surface area contributed by atoms with Crippen LogP contribution in [-0.2, 0) is 52.8 Å². The fraction of sp³-hybridized carbons (Fsp3) is 0. The maximum atomic E-state index is 12.6. The van der Waals surface area contributed by atoms with Crippen LogP contribution in [-0.4, -0.2) is 18.4 Å². The first kappa shape index (κ1) is 33.2. The van der Waals surface area contributed by atoms with Gasteiger partial charge >= 0.3 is 0 Å². The van der Waals surface area contributed by atoms with Gasteiger partial charge in [0.1, 0.15) is 0 Å². The molecule has 0 amide bonds. The zero-order valence-corrected chi connectivity index (χ0v) is 27.6. The van der Waals surface area contributed by atoms with Crippen LogP contribution in [0.4, 0.5) is 4.39 Å². The number of benzene rings is 5. The third-order valence-corrected chi connectivity index (χ3v) is 6.34. The monoisotopic (exact) mass is 793 g/mol. The number of nitrogens with zero attached hydrogens (tertiary/aromatic N) is 2. The minimum atomic E-state index is -0.278. The molecule has 2 heterocycles. The van der Waals surface area contributed by atoms with Gasteiger partial charge in [-0.15, -0.1) is 59.5 Å². The van der Waals surface area contributed by atoms with Gasteiger partial charge in [-0.05, 0) is 23.2 Å². The van der Waals surface area contributed by atoms with Gasteiger partial charge in [-0.2, -0.15) is 5.56 Å². The molecule has 7 aromatic rings. The van der Waals surface area contributed by atoms with Crippen LogP contribution in [0.5, 0.6) is 0 Å². The maximum Gasteiger partial charge on any atom is 0.0379 e. The standard InChI is InChI=1S/C25H14N.C11H7FN.B.Ir.Y/c1-2-9-23-18(6-1)11-12-21-16-20(13-14-24(21)23)19-7-5-8-22(17-19)25-10-3-4-15-26-25;12-10-6-4-9(5-7-10)11-3-1-2-8-13-11;;;/h1-7,9-12,14-16H;1-4,6-8H;;;/q-3;-1;;;. The molecule has 7 rings (SSSR count). The number of pyridine rings is 2. The van der Waals surface area contributed by atoms with Crippen LogP contribution in [0.25, 0.3) is 55.2 Å². The van der Waals surface area contributed by atoms with E-state index in [-0.39, 0.29) is 67.0 Å². The van der Waals surface area contributed by atoms with Crippen LogP contribution < -0.4 is 0 Å². The first-order valence-corrected chi connectivity index (χ1v) is 12.5. The van der Waals surface area contributed by atoms with E-state index in [1.54, 1.807) is 18.5 Å². The second kappa shape index (κ2) is 15.8. The summed E-state index contributed by atoms with van der Waals surface area (Å²) in [6.45, 7) is 0. The van der Waals surface area contributed by atoms with Crippen molar-refractivity contribution in [2.75, 3.05) is 0 Å². The average Bonchev–Trinajstić information content (AvgIpc) is 3.02. The first-order chi connectivity index (χ1) is 19.2. The van der Waals surface area contributed by atoms with Crippen LogP contribution in [0.1, 0.15) is 0 Å². The van der Waals surface area contributed by atoms with E-state index in [2.05, 4.69) is 82.8 Å². The molecule has 0 saturated heterocycles. The first-order valence-electron chi connectivity index (χ1n) is 12.5. The van der Waals surface area contributed by atoms with Gasteiger partial charge in [-0.25, -0.2) is 6.07 Å². The molecule has 0 spiro atoms. The molecule has 0 fully saturated rings. The normalized spacial score (nSPS) is 9.93. The SMILES string of the molecule is Fc1c[c-]c(-c2ccccn2)cc1.[B].[Ir].[Y].[c-]1ccc(-c2[c-]cc3c(ccc4ccccc43)c2)[c-]c1-c1ccccn1. The zero-order chi connectivity index (χ0) is 26.4. The summed E-state index contributed by atoms with van der Waals surface area (Å²) in [5, 5.41) is 4.93. The molecule has 0 aliphatic heterocycles. The van der Waals surface area contributed by atoms with Crippen molar-refractivity contribution in [2.45, 2.75) is 0 Å². The smallest absolute Gasteiger partial charge is 0.0379 e. The predicted molar refractivity (Wildman–Crippen MR) is 161 cm³/mol. The van der Waals surface area contributed by atoms with Gasteiger partial charge < -0.3 is 16.0 Å². The molecular formula is C36H21BFIrN2Y-4. The Morgan fingerprint density at radius 2 is 1.26 bits per heavy atom. The van der Waals surface area contributed by atoms with Crippen molar-refractivity contribution in [1.29, 1.82) is 0 Å². The van der Waals surface area contributed by atoms with E-state index < -0.39 is 0 Å². The summed E-state index contributed by atoms with van der Waals surface area (Å²) in [6.07, 6.45) is 3.49. The van der Waals surface area contributed by atoms with E-state index in [9.17, 15) is 4.39 Å². The molecule has 0 saturated carbocycles. The van der Waals surface area contributed by atoms with E-state index in [0.717, 1.165) is 33.6 Å². The molecule has 42 heavy (non-hydrogen) atoms. The quantitative estimate of drug-likeness (QED) is 0.102. The molecule has 2 aromatic heterocycles. The fourth-order valence-electron chi connectivity index (χ4n) is 4.42. The molecule has 0 atom stereocenters. The van der Waals surface area contributed by atoms with Gasteiger partial charge in [-0.3, -0.25) is 27.7 Å². The third-order valence-electron chi connectivity index (χ3n) is 6.34. The van der Waals surface area contributed by atoms with Gasteiger partial charge in [0.2, 0.25) is 0 Å². The Morgan fingerprint density at radius 1 is 0.571 bits per heavy atom. The van der Waals surface area contributed by atoms with E-state index in [1.807, 2.05) is 48.5 Å². The van der Waals surface area contributed by atoms with Crippen LogP contribution >= 0.6 is 0 Å². The van der Waals surface area contributed by atoms with Gasteiger partial charge in [0.05, 0.1) is 0 Å². The number of aromatic nitrogens is 2. The summed E-state index contributed by atoms with van der Waals surface area (Å²) in [5.41, 5.74) is 5.39. The summed E-state index contributed by atoms with van der Waals surface area (Å²) in [4.78, 5) is 8.52. The second-order valence-corrected chi connectivity index (χ2v) is 8.88. The predicted octanol–water partition coefficient (Wildman–Crippen LogP) is 8.42. The van der Waals surface area contributed by atoms with E-state index in [4.69, 9.17) is 0 Å². The number of hydrogen-bond donors (Lipinski definition) is 0. The van der Waals surface area contributed by atoms with Crippen LogP contribution in [0.15, 0.2) is 128 Å². The van der Waals surface area contributed by atoms with Gasteiger partial charge in [0.15, 0.2) is 0 Å². The van der Waals surface area contributed by atoms with Crippen molar-refractivity contribution in [2.24, 2.45) is 0 Å². The minimum absolute atomic E-state index is 0. The van der Waals surface area contributed by atoms with E-state index in [1.165, 1.54) is 33.7 Å². The Hall–Kier alpha value is -3.33. The van der Waals surface area contributed by atoms with Crippen molar-refractivity contribution in [1.82, 2.24) is 9.97 Å². The molecule has 5 radical (unpaired) electrons. The second-order valence-electron chi connectivity index (χ2n) is 8.88. The van der Waals surface area contributed by atoms with Crippen LogP contribution in [0.2, 0.25) is 0 Å². The number of halogens is 1. The number of rotatable bonds is 3. The Kier molecular flexibility index (Phi) is 12.5. The van der Waals surface area contributed by atoms with Gasteiger partial charge in [-0.1, -0.05) is 71.1 Å².